The predicted molar refractivity (Wildman–Crippen MR) is 78.5 cm³/mol. The highest BCUT2D eigenvalue weighted by Crippen LogP contribution is 2.18. The first-order chi connectivity index (χ1) is 9.09. The lowest BCUT2D eigenvalue weighted by molar-refractivity contribution is 0.888. The van der Waals surface area contributed by atoms with Crippen molar-refractivity contribution in [2.45, 2.75) is 13.5 Å². The van der Waals surface area contributed by atoms with Gasteiger partial charge in [-0.1, -0.05) is 24.3 Å². The Hall–Kier alpha value is -2.36. The Morgan fingerprint density at radius 2 is 2.00 bits per heavy atom. The van der Waals surface area contributed by atoms with Crippen LogP contribution in [0.4, 0.5) is 5.82 Å². The van der Waals surface area contributed by atoms with Gasteiger partial charge in [0, 0.05) is 19.8 Å². The Labute approximate surface area is 113 Å². The molecule has 4 heteroatoms. The summed E-state index contributed by atoms with van der Waals surface area (Å²) in [7, 11) is 1.96. The third-order valence-electron chi connectivity index (χ3n) is 3.11. The number of aromatic nitrogens is 1. The van der Waals surface area contributed by atoms with Crippen LogP contribution < -0.4 is 10.6 Å². The first-order valence-electron chi connectivity index (χ1n) is 6.14. The minimum Gasteiger partial charge on any atom is -0.384 e. The van der Waals surface area contributed by atoms with Crippen molar-refractivity contribution in [1.29, 1.82) is 5.41 Å². The lowest BCUT2D eigenvalue weighted by Crippen LogP contribution is -2.23. The number of aryl methyl sites for hydroxylation is 1. The molecule has 0 radical (unpaired) electrons. The van der Waals surface area contributed by atoms with Crippen LogP contribution in [0.5, 0.6) is 0 Å². The summed E-state index contributed by atoms with van der Waals surface area (Å²) in [6.45, 7) is 2.83. The third kappa shape index (κ3) is 2.91. The molecule has 1 aromatic carbocycles. The molecule has 0 aliphatic rings. The number of anilines is 1. The Kier molecular flexibility index (Phi) is 3.80. The van der Waals surface area contributed by atoms with Gasteiger partial charge in [0.15, 0.2) is 0 Å². The van der Waals surface area contributed by atoms with Crippen molar-refractivity contribution in [3.63, 3.8) is 0 Å². The summed E-state index contributed by atoms with van der Waals surface area (Å²) in [6, 6.07) is 11.9. The Morgan fingerprint density at radius 3 is 2.68 bits per heavy atom. The number of amidine groups is 1. The van der Waals surface area contributed by atoms with Gasteiger partial charge >= 0.3 is 0 Å². The number of nitrogens with one attached hydrogen (secondary N) is 1. The van der Waals surface area contributed by atoms with Crippen molar-refractivity contribution < 1.29 is 0 Å². The molecule has 0 aliphatic carbocycles. The zero-order valence-electron chi connectivity index (χ0n) is 11.2. The summed E-state index contributed by atoms with van der Waals surface area (Å²) in [5.74, 6) is 0.776. The molecule has 1 heterocycles. The number of benzene rings is 1. The van der Waals surface area contributed by atoms with E-state index in [4.69, 9.17) is 11.1 Å². The van der Waals surface area contributed by atoms with Crippen LogP contribution in [0.25, 0.3) is 0 Å². The number of hydrogen-bond acceptors (Lipinski definition) is 3. The monoisotopic (exact) mass is 254 g/mol. The van der Waals surface area contributed by atoms with Gasteiger partial charge < -0.3 is 10.6 Å². The third-order valence-corrected chi connectivity index (χ3v) is 3.11. The van der Waals surface area contributed by atoms with E-state index in [1.54, 1.807) is 12.3 Å². The van der Waals surface area contributed by atoms with E-state index >= 15 is 0 Å². The van der Waals surface area contributed by atoms with Gasteiger partial charge in [0.1, 0.15) is 11.7 Å². The standard InChI is InChI=1S/C15H18N4/c1-11-6-3-4-7-12(11)10-19(2)15-13(14(16)17)8-5-9-18-15/h3-9H,10H2,1-2H3,(H3,16,17). The van der Waals surface area contributed by atoms with E-state index in [9.17, 15) is 0 Å². The normalized spacial score (nSPS) is 10.2. The van der Waals surface area contributed by atoms with Gasteiger partial charge in [-0.25, -0.2) is 4.98 Å². The van der Waals surface area contributed by atoms with Crippen molar-refractivity contribution in [1.82, 2.24) is 4.98 Å². The van der Waals surface area contributed by atoms with E-state index in [0.29, 0.717) is 5.56 Å². The van der Waals surface area contributed by atoms with Crippen LogP contribution in [-0.2, 0) is 6.54 Å². The van der Waals surface area contributed by atoms with Gasteiger partial charge in [0.05, 0.1) is 5.56 Å². The first kappa shape index (κ1) is 13.1. The van der Waals surface area contributed by atoms with Crippen LogP contribution >= 0.6 is 0 Å². The zero-order chi connectivity index (χ0) is 13.8. The van der Waals surface area contributed by atoms with Gasteiger partial charge in [0.2, 0.25) is 0 Å². The number of rotatable bonds is 4. The highest BCUT2D eigenvalue weighted by Gasteiger charge is 2.11. The van der Waals surface area contributed by atoms with Crippen LogP contribution in [-0.4, -0.2) is 17.9 Å². The number of pyridine rings is 1. The summed E-state index contributed by atoms with van der Waals surface area (Å²) in [5.41, 5.74) is 8.74. The molecule has 2 aromatic rings. The summed E-state index contributed by atoms with van der Waals surface area (Å²) >= 11 is 0. The molecule has 0 bridgehead atoms. The highest BCUT2D eigenvalue weighted by molar-refractivity contribution is 5.99. The smallest absolute Gasteiger partial charge is 0.139 e. The quantitative estimate of drug-likeness (QED) is 0.650. The van der Waals surface area contributed by atoms with Crippen molar-refractivity contribution in [3.05, 3.63) is 59.3 Å². The van der Waals surface area contributed by atoms with Crippen molar-refractivity contribution in [3.8, 4) is 0 Å². The SMILES string of the molecule is Cc1ccccc1CN(C)c1ncccc1C(=N)N. The van der Waals surface area contributed by atoms with Crippen molar-refractivity contribution in [2.75, 3.05) is 11.9 Å². The summed E-state index contributed by atoms with van der Waals surface area (Å²) in [4.78, 5) is 6.34. The molecule has 0 amide bonds. The minimum atomic E-state index is 0.0414. The Bertz CT molecular complexity index is 592. The van der Waals surface area contributed by atoms with E-state index in [1.165, 1.54) is 11.1 Å². The predicted octanol–water partition coefficient (Wildman–Crippen LogP) is 2.31. The second-order valence-electron chi connectivity index (χ2n) is 4.57. The van der Waals surface area contributed by atoms with E-state index in [-0.39, 0.29) is 5.84 Å². The average molecular weight is 254 g/mol. The number of nitrogens with zero attached hydrogens (tertiary/aromatic N) is 2. The molecule has 3 N–H and O–H groups in total. The van der Waals surface area contributed by atoms with Gasteiger partial charge in [-0.2, -0.15) is 0 Å². The number of nitrogen functional groups attached to an aromatic ring is 1. The maximum atomic E-state index is 7.60. The molecule has 19 heavy (non-hydrogen) atoms. The Morgan fingerprint density at radius 1 is 1.26 bits per heavy atom. The van der Waals surface area contributed by atoms with E-state index in [0.717, 1.165) is 12.4 Å². The maximum absolute atomic E-state index is 7.60. The summed E-state index contributed by atoms with van der Waals surface area (Å²) in [5, 5.41) is 7.60. The van der Waals surface area contributed by atoms with Crippen molar-refractivity contribution in [2.24, 2.45) is 5.73 Å². The lowest BCUT2D eigenvalue weighted by atomic mass is 10.1. The van der Waals surface area contributed by atoms with E-state index < -0.39 is 0 Å². The van der Waals surface area contributed by atoms with Gasteiger partial charge in [0.25, 0.3) is 0 Å². The molecule has 1 aromatic heterocycles. The highest BCUT2D eigenvalue weighted by atomic mass is 15.2. The molecule has 0 fully saturated rings. The fraction of sp³-hybridized carbons (Fsp3) is 0.200. The van der Waals surface area contributed by atoms with Crippen LogP contribution in [0, 0.1) is 12.3 Å². The first-order valence-corrected chi connectivity index (χ1v) is 6.14. The van der Waals surface area contributed by atoms with Crippen LogP contribution in [0.1, 0.15) is 16.7 Å². The maximum Gasteiger partial charge on any atom is 0.139 e. The van der Waals surface area contributed by atoms with E-state index in [2.05, 4.69) is 24.0 Å². The summed E-state index contributed by atoms with van der Waals surface area (Å²) in [6.07, 6.45) is 1.72. The molecular formula is C15H18N4. The van der Waals surface area contributed by atoms with Crippen LogP contribution in [0.3, 0.4) is 0 Å². The van der Waals surface area contributed by atoms with Gasteiger partial charge in [-0.05, 0) is 30.2 Å². The molecule has 0 spiro atoms. The fourth-order valence-electron chi connectivity index (χ4n) is 2.03. The molecule has 98 valence electrons. The number of nitrogens with two attached hydrogens (primary N) is 1. The molecule has 0 atom stereocenters. The molecule has 2 rings (SSSR count). The molecule has 0 unspecified atom stereocenters. The van der Waals surface area contributed by atoms with Crippen molar-refractivity contribution >= 4 is 11.7 Å². The molecular weight excluding hydrogens is 236 g/mol. The fourth-order valence-corrected chi connectivity index (χ4v) is 2.03. The topological polar surface area (TPSA) is 66.0 Å². The second kappa shape index (κ2) is 5.52. The molecule has 0 aliphatic heterocycles. The largest absolute Gasteiger partial charge is 0.384 e. The summed E-state index contributed by atoms with van der Waals surface area (Å²) < 4.78 is 0. The Balaban J connectivity index is 2.28. The second-order valence-corrected chi connectivity index (χ2v) is 4.57. The number of hydrogen-bond donors (Lipinski definition) is 2. The van der Waals surface area contributed by atoms with Gasteiger partial charge in [-0.15, -0.1) is 0 Å². The molecule has 0 saturated heterocycles. The van der Waals surface area contributed by atoms with Crippen LogP contribution in [0.2, 0.25) is 0 Å². The zero-order valence-corrected chi connectivity index (χ0v) is 11.2. The average Bonchev–Trinajstić information content (AvgIpc) is 2.41. The molecule has 0 saturated carbocycles. The van der Waals surface area contributed by atoms with Gasteiger partial charge in [-0.3, -0.25) is 5.41 Å². The lowest BCUT2D eigenvalue weighted by Gasteiger charge is -2.21. The minimum absolute atomic E-state index is 0.0414. The molecule has 4 nitrogen and oxygen atoms in total. The van der Waals surface area contributed by atoms with Crippen LogP contribution in [0.15, 0.2) is 42.6 Å². The van der Waals surface area contributed by atoms with E-state index in [1.807, 2.05) is 30.1 Å².